The Kier molecular flexibility index (Phi) is 4.06. The average molecular weight is 291 g/mol. The fourth-order valence-electron chi connectivity index (χ4n) is 2.02. The van der Waals surface area contributed by atoms with E-state index in [0.717, 1.165) is 0 Å². The summed E-state index contributed by atoms with van der Waals surface area (Å²) >= 11 is 6.00. The largest absolute Gasteiger partial charge is 0.478 e. The zero-order valence-corrected chi connectivity index (χ0v) is 11.2. The van der Waals surface area contributed by atoms with Crippen molar-refractivity contribution in [3.8, 4) is 6.07 Å². The van der Waals surface area contributed by atoms with Crippen molar-refractivity contribution in [2.75, 3.05) is 5.32 Å². The number of nitrogens with zero attached hydrogens (tertiary/aromatic N) is 1. The van der Waals surface area contributed by atoms with Gasteiger partial charge in [-0.25, -0.2) is 4.79 Å². The van der Waals surface area contributed by atoms with Crippen LogP contribution in [0.3, 0.4) is 0 Å². The molecular weight excluding hydrogens is 280 g/mol. The van der Waals surface area contributed by atoms with Crippen LogP contribution in [0.2, 0.25) is 5.02 Å². The Hall–Kier alpha value is -2.32. The molecule has 5 nitrogen and oxygen atoms in total. The first-order valence-electron chi connectivity index (χ1n) is 5.99. The molecular formula is C14H11ClN2O3. The van der Waals surface area contributed by atoms with Crippen molar-refractivity contribution in [2.24, 2.45) is 0 Å². The molecule has 0 heterocycles. The van der Waals surface area contributed by atoms with Gasteiger partial charge in [-0.2, -0.15) is 5.26 Å². The highest BCUT2D eigenvalue weighted by molar-refractivity contribution is 6.33. The minimum Gasteiger partial charge on any atom is -0.478 e. The molecule has 1 aromatic rings. The molecule has 102 valence electrons. The highest BCUT2D eigenvalue weighted by atomic mass is 35.5. The molecule has 1 aromatic carbocycles. The van der Waals surface area contributed by atoms with E-state index in [0.29, 0.717) is 35.7 Å². The Morgan fingerprint density at radius 2 is 2.15 bits per heavy atom. The van der Waals surface area contributed by atoms with Crippen LogP contribution in [0, 0.1) is 11.3 Å². The Balaban J connectivity index is 2.39. The second kappa shape index (κ2) is 5.76. The minimum absolute atomic E-state index is 0.0816. The lowest BCUT2D eigenvalue weighted by Gasteiger charge is -2.18. The zero-order chi connectivity index (χ0) is 14.7. The van der Waals surface area contributed by atoms with Crippen LogP contribution in [0.4, 0.5) is 5.69 Å². The van der Waals surface area contributed by atoms with E-state index in [1.54, 1.807) is 0 Å². The van der Waals surface area contributed by atoms with Crippen LogP contribution in [-0.4, -0.2) is 16.9 Å². The quantitative estimate of drug-likeness (QED) is 0.893. The molecule has 0 saturated carbocycles. The summed E-state index contributed by atoms with van der Waals surface area (Å²) in [4.78, 5) is 22.6. The highest BCUT2D eigenvalue weighted by Gasteiger charge is 2.21. The molecule has 2 rings (SSSR count). The number of ketones is 1. The molecule has 0 radical (unpaired) electrons. The average Bonchev–Trinajstić information content (AvgIpc) is 2.41. The number of hydrogen-bond donors (Lipinski definition) is 2. The van der Waals surface area contributed by atoms with Crippen LogP contribution in [0.1, 0.15) is 29.6 Å². The number of Topliss-reactive ketones (excluding diaryl/α,β-unsaturated/α-hetero) is 1. The molecule has 0 spiro atoms. The Bertz CT molecular complexity index is 659. The van der Waals surface area contributed by atoms with Crippen LogP contribution >= 0.6 is 11.6 Å². The van der Waals surface area contributed by atoms with Gasteiger partial charge in [0.2, 0.25) is 0 Å². The van der Waals surface area contributed by atoms with E-state index in [-0.39, 0.29) is 16.9 Å². The second-order valence-electron chi connectivity index (χ2n) is 4.37. The SMILES string of the molecule is N#CC1=C(Nc2cc(C(=O)O)ccc2Cl)CCCC1=O. The molecule has 0 saturated heterocycles. The van der Waals surface area contributed by atoms with Crippen molar-refractivity contribution < 1.29 is 14.7 Å². The second-order valence-corrected chi connectivity index (χ2v) is 4.77. The van der Waals surface area contributed by atoms with Gasteiger partial charge in [0.15, 0.2) is 5.78 Å². The molecule has 0 bridgehead atoms. The fourth-order valence-corrected chi connectivity index (χ4v) is 2.18. The van der Waals surface area contributed by atoms with Gasteiger partial charge in [-0.05, 0) is 31.0 Å². The van der Waals surface area contributed by atoms with Gasteiger partial charge in [0.25, 0.3) is 0 Å². The summed E-state index contributed by atoms with van der Waals surface area (Å²) in [6.07, 6.45) is 1.57. The molecule has 0 aromatic heterocycles. The van der Waals surface area contributed by atoms with E-state index < -0.39 is 5.97 Å². The van der Waals surface area contributed by atoms with Gasteiger partial charge in [0.1, 0.15) is 11.6 Å². The molecule has 0 amide bonds. The lowest BCUT2D eigenvalue weighted by atomic mass is 9.95. The van der Waals surface area contributed by atoms with E-state index in [1.807, 2.05) is 6.07 Å². The number of rotatable bonds is 3. The molecule has 0 atom stereocenters. The molecule has 0 fully saturated rings. The van der Waals surface area contributed by atoms with Gasteiger partial charge in [-0.15, -0.1) is 0 Å². The maximum atomic E-state index is 11.6. The normalized spacial score (nSPS) is 14.9. The van der Waals surface area contributed by atoms with Crippen molar-refractivity contribution in [3.05, 3.63) is 40.1 Å². The predicted molar refractivity (Wildman–Crippen MR) is 73.5 cm³/mol. The van der Waals surface area contributed by atoms with E-state index in [1.165, 1.54) is 18.2 Å². The summed E-state index contributed by atoms with van der Waals surface area (Å²) in [6, 6.07) is 6.12. The predicted octanol–water partition coefficient (Wildman–Crippen LogP) is 2.98. The number of carbonyl (C=O) groups is 2. The highest BCUT2D eigenvalue weighted by Crippen LogP contribution is 2.28. The maximum absolute atomic E-state index is 11.6. The third-order valence-corrected chi connectivity index (χ3v) is 3.35. The number of carboxylic acids is 1. The van der Waals surface area contributed by atoms with E-state index >= 15 is 0 Å². The number of nitriles is 1. The monoisotopic (exact) mass is 290 g/mol. The van der Waals surface area contributed by atoms with E-state index in [4.69, 9.17) is 22.0 Å². The maximum Gasteiger partial charge on any atom is 0.335 e. The Morgan fingerprint density at radius 1 is 1.40 bits per heavy atom. The van der Waals surface area contributed by atoms with Gasteiger partial charge >= 0.3 is 5.97 Å². The lowest BCUT2D eigenvalue weighted by molar-refractivity contribution is -0.115. The van der Waals surface area contributed by atoms with Crippen LogP contribution in [-0.2, 0) is 4.79 Å². The smallest absolute Gasteiger partial charge is 0.335 e. The molecule has 6 heteroatoms. The Labute approximate surface area is 120 Å². The summed E-state index contributed by atoms with van der Waals surface area (Å²) in [6.45, 7) is 0. The summed E-state index contributed by atoms with van der Waals surface area (Å²) in [5.74, 6) is -1.27. The van der Waals surface area contributed by atoms with Gasteiger partial charge in [0.05, 0.1) is 16.3 Å². The first kappa shape index (κ1) is 14.1. The summed E-state index contributed by atoms with van der Waals surface area (Å²) < 4.78 is 0. The van der Waals surface area contributed by atoms with Gasteiger partial charge in [-0.3, -0.25) is 4.79 Å². The number of hydrogen-bond acceptors (Lipinski definition) is 4. The molecule has 0 unspecified atom stereocenters. The van der Waals surface area contributed by atoms with Crippen molar-refractivity contribution >= 4 is 29.0 Å². The number of anilines is 1. The Morgan fingerprint density at radius 3 is 2.80 bits per heavy atom. The third kappa shape index (κ3) is 2.81. The lowest BCUT2D eigenvalue weighted by Crippen LogP contribution is -2.15. The number of halogens is 1. The van der Waals surface area contributed by atoms with Gasteiger partial charge in [0, 0.05) is 12.1 Å². The standard InChI is InChI=1S/C14H11ClN2O3/c15-10-5-4-8(14(19)20)6-12(10)17-11-2-1-3-13(18)9(11)7-16/h4-6,17H,1-3H2,(H,19,20). The number of aromatic carboxylic acids is 1. The number of allylic oxidation sites excluding steroid dienone is 2. The molecule has 1 aliphatic rings. The molecule has 0 aliphatic heterocycles. The number of carboxylic acid groups (broad SMARTS) is 1. The van der Waals surface area contributed by atoms with Crippen molar-refractivity contribution in [1.29, 1.82) is 5.26 Å². The van der Waals surface area contributed by atoms with Crippen molar-refractivity contribution in [3.63, 3.8) is 0 Å². The topological polar surface area (TPSA) is 90.2 Å². The number of carbonyl (C=O) groups excluding carboxylic acids is 1. The first-order chi connectivity index (χ1) is 9.52. The van der Waals surface area contributed by atoms with Crippen LogP contribution in [0.25, 0.3) is 0 Å². The molecule has 1 aliphatic carbocycles. The molecule has 20 heavy (non-hydrogen) atoms. The van der Waals surface area contributed by atoms with E-state index in [2.05, 4.69) is 5.32 Å². The minimum atomic E-state index is -1.07. The number of benzene rings is 1. The van der Waals surface area contributed by atoms with Crippen LogP contribution in [0.5, 0.6) is 0 Å². The number of nitrogens with one attached hydrogen (secondary N) is 1. The van der Waals surface area contributed by atoms with Crippen LogP contribution in [0.15, 0.2) is 29.5 Å². The molecule has 2 N–H and O–H groups in total. The van der Waals surface area contributed by atoms with Crippen molar-refractivity contribution in [2.45, 2.75) is 19.3 Å². The van der Waals surface area contributed by atoms with Crippen molar-refractivity contribution in [1.82, 2.24) is 0 Å². The summed E-state index contributed by atoms with van der Waals surface area (Å²) in [7, 11) is 0. The van der Waals surface area contributed by atoms with E-state index in [9.17, 15) is 9.59 Å². The zero-order valence-electron chi connectivity index (χ0n) is 10.4. The summed E-state index contributed by atoms with van der Waals surface area (Å²) in [5.41, 5.74) is 1.04. The third-order valence-electron chi connectivity index (χ3n) is 3.02. The van der Waals surface area contributed by atoms with Gasteiger partial charge in [-0.1, -0.05) is 11.6 Å². The first-order valence-corrected chi connectivity index (χ1v) is 6.37. The summed E-state index contributed by atoms with van der Waals surface area (Å²) in [5, 5.41) is 21.2. The fraction of sp³-hybridized carbons (Fsp3) is 0.214. The van der Waals surface area contributed by atoms with Gasteiger partial charge < -0.3 is 10.4 Å². The van der Waals surface area contributed by atoms with Crippen LogP contribution < -0.4 is 5.32 Å².